The van der Waals surface area contributed by atoms with Crippen molar-refractivity contribution < 1.29 is 4.57 Å². The molecule has 0 fully saturated rings. The molecule has 3 heteroatoms. The molecule has 2 nitrogen and oxygen atoms in total. The van der Waals surface area contributed by atoms with Gasteiger partial charge >= 0.3 is 0 Å². The average molecular weight is 315 g/mol. The minimum atomic E-state index is -2.80. The first kappa shape index (κ1) is 17.0. The third-order valence-corrected chi connectivity index (χ3v) is 6.63. The second kappa shape index (κ2) is 7.76. The maximum atomic E-state index is 13.9. The van der Waals surface area contributed by atoms with Gasteiger partial charge in [-0.05, 0) is 43.0 Å². The zero-order valence-corrected chi connectivity index (χ0v) is 14.6. The second-order valence-electron chi connectivity index (χ2n) is 6.14. The molecular formula is C19H26NOP. The van der Waals surface area contributed by atoms with Gasteiger partial charge in [0.1, 0.15) is 0 Å². The van der Waals surface area contributed by atoms with Crippen molar-refractivity contribution >= 4 is 17.9 Å². The normalized spacial score (nSPS) is 13.3. The van der Waals surface area contributed by atoms with Crippen LogP contribution in [0.2, 0.25) is 0 Å². The quantitative estimate of drug-likeness (QED) is 0.771. The Balaban J connectivity index is 2.41. The van der Waals surface area contributed by atoms with E-state index in [2.05, 4.69) is 25.9 Å². The van der Waals surface area contributed by atoms with Crippen molar-refractivity contribution in [3.05, 3.63) is 60.7 Å². The minimum absolute atomic E-state index is 0.256. The zero-order chi connectivity index (χ0) is 16.0. The SMILES string of the molecule is CC[C@@H](CC(C)C)NP(=O)(c1ccccc1)c1ccccc1. The lowest BCUT2D eigenvalue weighted by atomic mass is 10.0. The van der Waals surface area contributed by atoms with Crippen molar-refractivity contribution in [2.24, 2.45) is 5.92 Å². The monoisotopic (exact) mass is 315 g/mol. The highest BCUT2D eigenvalue weighted by Gasteiger charge is 2.29. The molecule has 2 aromatic rings. The fraction of sp³-hybridized carbons (Fsp3) is 0.368. The third kappa shape index (κ3) is 4.09. The van der Waals surface area contributed by atoms with Gasteiger partial charge in [0.25, 0.3) is 0 Å². The smallest absolute Gasteiger partial charge is 0.204 e. The van der Waals surface area contributed by atoms with Gasteiger partial charge in [-0.25, -0.2) is 0 Å². The highest BCUT2D eigenvalue weighted by atomic mass is 31.2. The molecule has 0 unspecified atom stereocenters. The summed E-state index contributed by atoms with van der Waals surface area (Å²) in [4.78, 5) is 0. The van der Waals surface area contributed by atoms with Crippen LogP contribution in [0.1, 0.15) is 33.6 Å². The van der Waals surface area contributed by atoms with E-state index in [4.69, 9.17) is 0 Å². The Morgan fingerprint density at radius 2 is 1.36 bits per heavy atom. The molecule has 2 rings (SSSR count). The molecule has 118 valence electrons. The van der Waals surface area contributed by atoms with Crippen molar-refractivity contribution in [1.29, 1.82) is 0 Å². The average Bonchev–Trinajstić information content (AvgIpc) is 2.55. The fourth-order valence-corrected chi connectivity index (χ4v) is 5.29. The third-order valence-electron chi connectivity index (χ3n) is 3.85. The first-order valence-electron chi connectivity index (χ1n) is 8.05. The van der Waals surface area contributed by atoms with Crippen LogP contribution >= 0.6 is 7.29 Å². The molecule has 0 bridgehead atoms. The summed E-state index contributed by atoms with van der Waals surface area (Å²) >= 11 is 0. The predicted molar refractivity (Wildman–Crippen MR) is 96.4 cm³/mol. The fourth-order valence-electron chi connectivity index (χ4n) is 2.71. The summed E-state index contributed by atoms with van der Waals surface area (Å²) in [6, 6.07) is 19.8. The van der Waals surface area contributed by atoms with Gasteiger partial charge in [0.05, 0.1) is 0 Å². The molecule has 0 spiro atoms. The van der Waals surface area contributed by atoms with Crippen LogP contribution in [0.3, 0.4) is 0 Å². The number of hydrogen-bond acceptors (Lipinski definition) is 1. The van der Waals surface area contributed by atoms with Gasteiger partial charge in [0.2, 0.25) is 7.29 Å². The van der Waals surface area contributed by atoms with E-state index < -0.39 is 7.29 Å². The number of nitrogens with one attached hydrogen (secondary N) is 1. The summed E-state index contributed by atoms with van der Waals surface area (Å²) in [5, 5.41) is 5.26. The molecule has 1 N–H and O–H groups in total. The lowest BCUT2D eigenvalue weighted by Gasteiger charge is -2.27. The van der Waals surface area contributed by atoms with E-state index in [0.717, 1.165) is 23.5 Å². The number of hydrogen-bond donors (Lipinski definition) is 1. The Morgan fingerprint density at radius 3 is 1.73 bits per heavy atom. The van der Waals surface area contributed by atoms with Crippen molar-refractivity contribution in [1.82, 2.24) is 5.09 Å². The van der Waals surface area contributed by atoms with Crippen molar-refractivity contribution in [2.45, 2.75) is 39.7 Å². The zero-order valence-electron chi connectivity index (χ0n) is 13.7. The molecule has 22 heavy (non-hydrogen) atoms. The van der Waals surface area contributed by atoms with Gasteiger partial charge < -0.3 is 0 Å². The van der Waals surface area contributed by atoms with Gasteiger partial charge in [-0.15, -0.1) is 0 Å². The van der Waals surface area contributed by atoms with Crippen molar-refractivity contribution in [2.75, 3.05) is 0 Å². The van der Waals surface area contributed by atoms with E-state index in [0.29, 0.717) is 5.92 Å². The van der Waals surface area contributed by atoms with E-state index in [1.54, 1.807) is 0 Å². The maximum absolute atomic E-state index is 13.9. The van der Waals surface area contributed by atoms with Gasteiger partial charge in [0.15, 0.2) is 0 Å². The Hall–Kier alpha value is -1.37. The summed E-state index contributed by atoms with van der Waals surface area (Å²) in [5.41, 5.74) is 0. The summed E-state index contributed by atoms with van der Waals surface area (Å²) in [5.74, 6) is 0.581. The van der Waals surface area contributed by atoms with Gasteiger partial charge in [0, 0.05) is 16.7 Å². The van der Waals surface area contributed by atoms with Gasteiger partial charge in [-0.3, -0.25) is 9.65 Å². The van der Waals surface area contributed by atoms with Crippen LogP contribution in [-0.4, -0.2) is 6.04 Å². The molecule has 0 aliphatic rings. The molecule has 0 aliphatic heterocycles. The molecule has 1 atom stereocenters. The summed E-state index contributed by atoms with van der Waals surface area (Å²) < 4.78 is 13.9. The molecule has 0 aromatic heterocycles. The predicted octanol–water partition coefficient (Wildman–Crippen LogP) is 4.33. The van der Waals surface area contributed by atoms with Crippen molar-refractivity contribution in [3.63, 3.8) is 0 Å². The van der Waals surface area contributed by atoms with Crippen LogP contribution in [0.25, 0.3) is 0 Å². The summed E-state index contributed by atoms with van der Waals surface area (Å²) in [7, 11) is -2.80. The van der Waals surface area contributed by atoms with Crippen LogP contribution in [0, 0.1) is 5.92 Å². The maximum Gasteiger partial charge on any atom is 0.204 e. The second-order valence-corrected chi connectivity index (χ2v) is 8.65. The molecule has 0 radical (unpaired) electrons. The molecule has 0 aliphatic carbocycles. The van der Waals surface area contributed by atoms with Crippen LogP contribution in [0.4, 0.5) is 0 Å². The van der Waals surface area contributed by atoms with E-state index in [-0.39, 0.29) is 6.04 Å². The number of benzene rings is 2. The van der Waals surface area contributed by atoms with E-state index in [1.165, 1.54) is 0 Å². The van der Waals surface area contributed by atoms with E-state index in [1.807, 2.05) is 60.7 Å². The van der Waals surface area contributed by atoms with Gasteiger partial charge in [-0.2, -0.15) is 0 Å². The highest BCUT2D eigenvalue weighted by molar-refractivity contribution is 7.76. The van der Waals surface area contributed by atoms with E-state index in [9.17, 15) is 4.57 Å². The molecule has 0 saturated heterocycles. The largest absolute Gasteiger partial charge is 0.297 e. The Kier molecular flexibility index (Phi) is 5.99. The summed E-state index contributed by atoms with van der Waals surface area (Å²) in [6.07, 6.45) is 2.00. The van der Waals surface area contributed by atoms with E-state index >= 15 is 0 Å². The molecule has 0 heterocycles. The van der Waals surface area contributed by atoms with Crippen molar-refractivity contribution in [3.8, 4) is 0 Å². The van der Waals surface area contributed by atoms with Gasteiger partial charge in [-0.1, -0.05) is 57.2 Å². The Labute approximate surface area is 134 Å². The molecular weight excluding hydrogens is 289 g/mol. The Bertz CT molecular complexity index is 566. The first-order chi connectivity index (χ1) is 10.6. The number of rotatable bonds is 7. The van der Waals surface area contributed by atoms with Crippen LogP contribution in [0.5, 0.6) is 0 Å². The summed E-state index contributed by atoms with van der Waals surface area (Å²) in [6.45, 7) is 6.57. The topological polar surface area (TPSA) is 29.1 Å². The van der Waals surface area contributed by atoms with Crippen LogP contribution in [-0.2, 0) is 4.57 Å². The lowest BCUT2D eigenvalue weighted by molar-refractivity contribution is 0.454. The molecule has 2 aromatic carbocycles. The molecule has 0 saturated carbocycles. The molecule has 0 amide bonds. The standard InChI is InChI=1S/C19H26NOP/c1-4-17(15-16(2)3)20-22(21,18-11-7-5-8-12-18)19-13-9-6-10-14-19/h5-14,16-17H,4,15H2,1-3H3,(H,20,21)/t17-/m0/s1. The van der Waals surface area contributed by atoms with Crippen LogP contribution in [0.15, 0.2) is 60.7 Å². The lowest BCUT2D eigenvalue weighted by Crippen LogP contribution is -2.35. The highest BCUT2D eigenvalue weighted by Crippen LogP contribution is 2.40. The first-order valence-corrected chi connectivity index (χ1v) is 9.76. The minimum Gasteiger partial charge on any atom is -0.297 e. The van der Waals surface area contributed by atoms with Crippen LogP contribution < -0.4 is 15.7 Å². The Morgan fingerprint density at radius 1 is 0.909 bits per heavy atom.